The van der Waals surface area contributed by atoms with Gasteiger partial charge in [-0.3, -0.25) is 4.79 Å². The predicted octanol–water partition coefficient (Wildman–Crippen LogP) is 7.12. The van der Waals surface area contributed by atoms with E-state index in [0.717, 1.165) is 39.4 Å². The van der Waals surface area contributed by atoms with Crippen LogP contribution in [0.5, 0.6) is 0 Å². The Morgan fingerprint density at radius 3 is 2.03 bits per heavy atom. The van der Waals surface area contributed by atoms with Crippen molar-refractivity contribution >= 4 is 27.3 Å². The molecule has 1 heteroatoms. The first-order valence-corrected chi connectivity index (χ1v) is 10.3. The van der Waals surface area contributed by atoms with E-state index in [1.54, 1.807) is 0 Å². The molecule has 30 heavy (non-hydrogen) atoms. The van der Waals surface area contributed by atoms with E-state index < -0.39 is 0 Å². The highest BCUT2D eigenvalue weighted by atomic mass is 16.1. The summed E-state index contributed by atoms with van der Waals surface area (Å²) in [5.41, 5.74) is 4.90. The molecule has 0 fully saturated rings. The van der Waals surface area contributed by atoms with E-state index in [4.69, 9.17) is 0 Å². The molecule has 144 valence electrons. The van der Waals surface area contributed by atoms with Gasteiger partial charge in [0.2, 0.25) is 0 Å². The Kier molecular flexibility index (Phi) is 4.65. The Morgan fingerprint density at radius 1 is 0.600 bits per heavy atom. The number of rotatable bonds is 4. The standard InChI is InChI=1S/C29H22O/c1-20-17-18-22-10-3-6-15-26(22)28(20)29(30)27-16-7-4-11-24(27)19-23-13-8-12-21-9-2-5-14-25(21)23/h2-18H,19H2,1H3. The SMILES string of the molecule is Cc1ccc2ccccc2c1C(=O)c1ccccc1Cc1cccc2ccccc12. The molecular weight excluding hydrogens is 364 g/mol. The molecule has 0 bridgehead atoms. The molecule has 0 radical (unpaired) electrons. The molecule has 0 aliphatic rings. The van der Waals surface area contributed by atoms with Gasteiger partial charge >= 0.3 is 0 Å². The number of hydrogen-bond acceptors (Lipinski definition) is 1. The molecule has 0 saturated heterocycles. The van der Waals surface area contributed by atoms with Crippen molar-refractivity contribution in [3.05, 3.63) is 131 Å². The molecule has 0 spiro atoms. The normalized spacial score (nSPS) is 11.1. The zero-order valence-corrected chi connectivity index (χ0v) is 16.9. The molecule has 0 amide bonds. The maximum Gasteiger partial charge on any atom is 0.194 e. The number of fused-ring (bicyclic) bond motifs is 2. The van der Waals surface area contributed by atoms with Crippen molar-refractivity contribution in [2.45, 2.75) is 13.3 Å². The third-order valence-electron chi connectivity index (χ3n) is 5.89. The van der Waals surface area contributed by atoms with E-state index in [2.05, 4.69) is 60.7 Å². The molecular formula is C29H22O. The second-order valence-electron chi connectivity index (χ2n) is 7.78. The third kappa shape index (κ3) is 3.19. The number of hydrogen-bond donors (Lipinski definition) is 0. The van der Waals surface area contributed by atoms with E-state index in [0.29, 0.717) is 0 Å². The van der Waals surface area contributed by atoms with Crippen LogP contribution in [-0.4, -0.2) is 5.78 Å². The second-order valence-corrected chi connectivity index (χ2v) is 7.78. The van der Waals surface area contributed by atoms with Crippen molar-refractivity contribution in [2.75, 3.05) is 0 Å². The molecule has 5 aromatic carbocycles. The average Bonchev–Trinajstić information content (AvgIpc) is 2.79. The minimum atomic E-state index is 0.0973. The summed E-state index contributed by atoms with van der Waals surface area (Å²) in [6.45, 7) is 2.02. The van der Waals surface area contributed by atoms with Crippen LogP contribution in [-0.2, 0) is 6.42 Å². The Balaban J connectivity index is 1.63. The molecule has 0 atom stereocenters. The smallest absolute Gasteiger partial charge is 0.194 e. The van der Waals surface area contributed by atoms with Crippen molar-refractivity contribution in [2.24, 2.45) is 0 Å². The fourth-order valence-electron chi connectivity index (χ4n) is 4.36. The Bertz CT molecular complexity index is 1390. The first-order valence-electron chi connectivity index (χ1n) is 10.3. The first-order chi connectivity index (χ1) is 14.7. The molecule has 5 rings (SSSR count). The van der Waals surface area contributed by atoms with Crippen LogP contribution >= 0.6 is 0 Å². The quantitative estimate of drug-likeness (QED) is 0.300. The molecule has 0 aromatic heterocycles. The van der Waals surface area contributed by atoms with Crippen molar-refractivity contribution < 1.29 is 4.79 Å². The van der Waals surface area contributed by atoms with Gasteiger partial charge in [-0.1, -0.05) is 103 Å². The highest BCUT2D eigenvalue weighted by Gasteiger charge is 2.18. The van der Waals surface area contributed by atoms with Crippen molar-refractivity contribution in [1.29, 1.82) is 0 Å². The van der Waals surface area contributed by atoms with Crippen LogP contribution in [0.2, 0.25) is 0 Å². The third-order valence-corrected chi connectivity index (χ3v) is 5.89. The van der Waals surface area contributed by atoms with E-state index in [1.165, 1.54) is 16.3 Å². The van der Waals surface area contributed by atoms with E-state index in [9.17, 15) is 4.79 Å². The Hall–Kier alpha value is -3.71. The van der Waals surface area contributed by atoms with E-state index in [-0.39, 0.29) is 5.78 Å². The summed E-state index contributed by atoms with van der Waals surface area (Å²) in [6.07, 6.45) is 0.729. The van der Waals surface area contributed by atoms with Gasteiger partial charge in [0.1, 0.15) is 0 Å². The lowest BCUT2D eigenvalue weighted by Crippen LogP contribution is -2.08. The van der Waals surface area contributed by atoms with Crippen LogP contribution in [0.1, 0.15) is 32.6 Å². The highest BCUT2D eigenvalue weighted by molar-refractivity contribution is 6.18. The number of aryl methyl sites for hydroxylation is 1. The van der Waals surface area contributed by atoms with E-state index in [1.807, 2.05) is 49.4 Å². The van der Waals surface area contributed by atoms with Gasteiger partial charge in [0.15, 0.2) is 5.78 Å². The topological polar surface area (TPSA) is 17.1 Å². The van der Waals surface area contributed by atoms with E-state index >= 15 is 0 Å². The maximum absolute atomic E-state index is 13.8. The van der Waals surface area contributed by atoms with Crippen LogP contribution in [0, 0.1) is 6.92 Å². The van der Waals surface area contributed by atoms with Crippen LogP contribution in [0.4, 0.5) is 0 Å². The minimum absolute atomic E-state index is 0.0973. The second kappa shape index (κ2) is 7.61. The summed E-state index contributed by atoms with van der Waals surface area (Å²) in [7, 11) is 0. The molecule has 5 aromatic rings. The van der Waals surface area contributed by atoms with Crippen molar-refractivity contribution in [3.8, 4) is 0 Å². The lowest BCUT2D eigenvalue weighted by atomic mass is 9.89. The van der Waals surface area contributed by atoms with Gasteiger partial charge in [-0.05, 0) is 51.6 Å². The summed E-state index contributed by atoms with van der Waals surface area (Å²) < 4.78 is 0. The van der Waals surface area contributed by atoms with Gasteiger partial charge in [-0.25, -0.2) is 0 Å². The zero-order valence-electron chi connectivity index (χ0n) is 16.9. The van der Waals surface area contributed by atoms with Gasteiger partial charge in [0.05, 0.1) is 0 Å². The summed E-state index contributed by atoms with van der Waals surface area (Å²) in [5, 5.41) is 4.58. The van der Waals surface area contributed by atoms with Gasteiger partial charge in [0.25, 0.3) is 0 Å². The number of benzene rings is 5. The molecule has 0 aliphatic carbocycles. The summed E-state index contributed by atoms with van der Waals surface area (Å²) >= 11 is 0. The van der Waals surface area contributed by atoms with Gasteiger partial charge < -0.3 is 0 Å². The highest BCUT2D eigenvalue weighted by Crippen LogP contribution is 2.28. The number of carbonyl (C=O) groups excluding carboxylic acids is 1. The minimum Gasteiger partial charge on any atom is -0.289 e. The monoisotopic (exact) mass is 386 g/mol. The molecule has 0 heterocycles. The van der Waals surface area contributed by atoms with Crippen molar-refractivity contribution in [3.63, 3.8) is 0 Å². The van der Waals surface area contributed by atoms with Gasteiger partial charge in [-0.15, -0.1) is 0 Å². The summed E-state index contributed by atoms with van der Waals surface area (Å²) in [4.78, 5) is 13.8. The fourth-order valence-corrected chi connectivity index (χ4v) is 4.36. The van der Waals surface area contributed by atoms with Crippen LogP contribution < -0.4 is 0 Å². The molecule has 1 nitrogen and oxygen atoms in total. The lowest BCUT2D eigenvalue weighted by Gasteiger charge is -2.14. The zero-order chi connectivity index (χ0) is 20.5. The Morgan fingerprint density at radius 2 is 1.20 bits per heavy atom. The lowest BCUT2D eigenvalue weighted by molar-refractivity contribution is 0.103. The summed E-state index contributed by atoms with van der Waals surface area (Å²) in [6, 6.07) is 35.1. The molecule has 0 N–H and O–H groups in total. The first kappa shape index (κ1) is 18.3. The largest absolute Gasteiger partial charge is 0.289 e. The fraction of sp³-hybridized carbons (Fsp3) is 0.0690. The van der Waals surface area contributed by atoms with Crippen LogP contribution in [0.3, 0.4) is 0 Å². The predicted molar refractivity (Wildman–Crippen MR) is 125 cm³/mol. The summed E-state index contributed by atoms with van der Waals surface area (Å²) in [5.74, 6) is 0.0973. The molecule has 0 aliphatic heterocycles. The van der Waals surface area contributed by atoms with Crippen LogP contribution in [0.25, 0.3) is 21.5 Å². The molecule has 0 saturated carbocycles. The molecule has 0 unspecified atom stereocenters. The number of ketones is 1. The maximum atomic E-state index is 13.8. The number of carbonyl (C=O) groups is 1. The van der Waals surface area contributed by atoms with Gasteiger partial charge in [0, 0.05) is 11.1 Å². The average molecular weight is 386 g/mol. The van der Waals surface area contributed by atoms with Crippen molar-refractivity contribution in [1.82, 2.24) is 0 Å². The van der Waals surface area contributed by atoms with Crippen LogP contribution in [0.15, 0.2) is 103 Å². The van der Waals surface area contributed by atoms with Gasteiger partial charge in [-0.2, -0.15) is 0 Å². The Labute approximate surface area is 176 Å².